The fraction of sp³-hybridized carbons (Fsp3) is 0.500. The number of sulfonamides is 1. The maximum atomic E-state index is 12.1. The van der Waals surface area contributed by atoms with E-state index >= 15 is 0 Å². The molecule has 0 aliphatic heterocycles. The van der Waals surface area contributed by atoms with Crippen LogP contribution in [0.15, 0.2) is 21.6 Å². The summed E-state index contributed by atoms with van der Waals surface area (Å²) in [5, 5.41) is 0. The van der Waals surface area contributed by atoms with Crippen LogP contribution in [0.25, 0.3) is 0 Å². The van der Waals surface area contributed by atoms with Gasteiger partial charge in [0, 0.05) is 23.3 Å². The fourth-order valence-corrected chi connectivity index (χ4v) is 3.38. The maximum absolute atomic E-state index is 12.1. The van der Waals surface area contributed by atoms with E-state index in [0.717, 1.165) is 0 Å². The number of pyridine rings is 1. The summed E-state index contributed by atoms with van der Waals surface area (Å²) in [6, 6.07) is 1.22. The third-order valence-corrected chi connectivity index (χ3v) is 4.19. The zero-order valence-electron chi connectivity index (χ0n) is 10.5. The molecule has 0 aliphatic carbocycles. The van der Waals surface area contributed by atoms with Crippen molar-refractivity contribution in [3.05, 3.63) is 16.7 Å². The summed E-state index contributed by atoms with van der Waals surface area (Å²) in [5.41, 5.74) is 5.59. The van der Waals surface area contributed by atoms with Crippen LogP contribution in [0.3, 0.4) is 0 Å². The second kappa shape index (κ2) is 5.96. The molecule has 1 rings (SSSR count). The molecule has 0 fully saturated rings. The van der Waals surface area contributed by atoms with Crippen molar-refractivity contribution in [2.45, 2.75) is 17.9 Å². The smallest absolute Gasteiger partial charge is 0.244 e. The predicted molar refractivity (Wildman–Crippen MR) is 74.7 cm³/mol. The molecule has 1 unspecified atom stereocenters. The molecule has 0 aromatic carbocycles. The average molecular weight is 337 g/mol. The van der Waals surface area contributed by atoms with Gasteiger partial charge in [-0.25, -0.2) is 18.1 Å². The molecule has 0 bridgehead atoms. The first-order valence-electron chi connectivity index (χ1n) is 5.30. The van der Waals surface area contributed by atoms with Crippen molar-refractivity contribution in [1.29, 1.82) is 0 Å². The summed E-state index contributed by atoms with van der Waals surface area (Å²) in [6.07, 6.45) is 1.46. The van der Waals surface area contributed by atoms with Gasteiger partial charge < -0.3 is 10.6 Å². The van der Waals surface area contributed by atoms with Crippen LogP contribution in [0.1, 0.15) is 6.92 Å². The highest BCUT2D eigenvalue weighted by Gasteiger charge is 2.21. The maximum Gasteiger partial charge on any atom is 0.244 e. The lowest BCUT2D eigenvalue weighted by atomic mass is 10.3. The Morgan fingerprint density at radius 3 is 2.72 bits per heavy atom. The summed E-state index contributed by atoms with van der Waals surface area (Å²) in [6.45, 7) is 2.39. The number of halogens is 1. The standard InChI is InChI=1S/C10H17BrN4O2S/c1-7(6-15(2)3)14-18(16,17)9-4-8(11)5-13-10(9)12/h4-5,7,14H,6H2,1-3H3,(H2,12,13). The second-order valence-electron chi connectivity index (χ2n) is 4.32. The highest BCUT2D eigenvalue weighted by Crippen LogP contribution is 2.20. The Kier molecular flexibility index (Phi) is 5.09. The molecule has 6 nitrogen and oxygen atoms in total. The Hall–Kier alpha value is -0.700. The van der Waals surface area contributed by atoms with Crippen molar-refractivity contribution >= 4 is 31.8 Å². The van der Waals surface area contributed by atoms with Crippen LogP contribution >= 0.6 is 15.9 Å². The molecule has 0 aliphatic rings. The van der Waals surface area contributed by atoms with Gasteiger partial charge in [-0.15, -0.1) is 0 Å². The number of hydrogen-bond acceptors (Lipinski definition) is 5. The largest absolute Gasteiger partial charge is 0.383 e. The van der Waals surface area contributed by atoms with E-state index < -0.39 is 10.0 Å². The van der Waals surface area contributed by atoms with Gasteiger partial charge in [-0.1, -0.05) is 0 Å². The highest BCUT2D eigenvalue weighted by molar-refractivity contribution is 9.10. The quantitative estimate of drug-likeness (QED) is 0.824. The first kappa shape index (κ1) is 15.4. The Balaban J connectivity index is 2.96. The molecular weight excluding hydrogens is 320 g/mol. The number of anilines is 1. The van der Waals surface area contributed by atoms with Gasteiger partial charge in [0.15, 0.2) is 0 Å². The van der Waals surface area contributed by atoms with Crippen LogP contribution in [-0.2, 0) is 10.0 Å². The summed E-state index contributed by atoms with van der Waals surface area (Å²) >= 11 is 3.18. The first-order valence-corrected chi connectivity index (χ1v) is 7.58. The van der Waals surface area contributed by atoms with Gasteiger partial charge in [0.25, 0.3) is 0 Å². The van der Waals surface area contributed by atoms with Crippen molar-refractivity contribution in [2.75, 3.05) is 26.4 Å². The molecule has 1 heterocycles. The Morgan fingerprint density at radius 2 is 2.17 bits per heavy atom. The summed E-state index contributed by atoms with van der Waals surface area (Å²) in [7, 11) is 0.0972. The number of likely N-dealkylation sites (N-methyl/N-ethyl adjacent to an activating group) is 1. The van der Waals surface area contributed by atoms with Crippen LogP contribution in [0, 0.1) is 0 Å². The van der Waals surface area contributed by atoms with E-state index in [4.69, 9.17) is 5.73 Å². The number of hydrogen-bond donors (Lipinski definition) is 2. The minimum absolute atomic E-state index is 0.0113. The number of nitrogens with one attached hydrogen (secondary N) is 1. The molecule has 0 saturated heterocycles. The Labute approximate surface area is 116 Å². The van der Waals surface area contributed by atoms with Gasteiger partial charge >= 0.3 is 0 Å². The predicted octanol–water partition coefficient (Wildman–Crippen LogP) is 0.655. The van der Waals surface area contributed by atoms with Gasteiger partial charge in [-0.05, 0) is 43.0 Å². The molecule has 0 amide bonds. The normalized spacial score (nSPS) is 13.8. The van der Waals surface area contributed by atoms with Crippen molar-refractivity contribution in [3.8, 4) is 0 Å². The first-order chi connectivity index (χ1) is 8.22. The third-order valence-electron chi connectivity index (χ3n) is 2.13. The van der Waals surface area contributed by atoms with Gasteiger partial charge in [0.2, 0.25) is 10.0 Å². The highest BCUT2D eigenvalue weighted by atomic mass is 79.9. The fourth-order valence-electron chi connectivity index (χ4n) is 1.56. The van der Waals surface area contributed by atoms with Crippen LogP contribution in [0.5, 0.6) is 0 Å². The molecule has 1 atom stereocenters. The SMILES string of the molecule is CC(CN(C)C)NS(=O)(=O)c1cc(Br)cnc1N. The molecule has 0 radical (unpaired) electrons. The average Bonchev–Trinajstić information content (AvgIpc) is 2.19. The monoisotopic (exact) mass is 336 g/mol. The van der Waals surface area contributed by atoms with Gasteiger partial charge in [-0.2, -0.15) is 0 Å². The zero-order valence-corrected chi connectivity index (χ0v) is 12.9. The number of nitrogens with zero attached hydrogens (tertiary/aromatic N) is 2. The summed E-state index contributed by atoms with van der Waals surface area (Å²) in [4.78, 5) is 5.70. The van der Waals surface area contributed by atoms with E-state index in [1.807, 2.05) is 19.0 Å². The topological polar surface area (TPSA) is 88.3 Å². The summed E-state index contributed by atoms with van der Waals surface area (Å²) < 4.78 is 27.4. The molecule has 102 valence electrons. The lowest BCUT2D eigenvalue weighted by Crippen LogP contribution is -2.39. The van der Waals surface area contributed by atoms with Crippen LogP contribution in [0.4, 0.5) is 5.82 Å². The zero-order chi connectivity index (χ0) is 13.9. The van der Waals surface area contributed by atoms with Crippen molar-refractivity contribution in [1.82, 2.24) is 14.6 Å². The van der Waals surface area contributed by atoms with Gasteiger partial charge in [0.05, 0.1) is 0 Å². The van der Waals surface area contributed by atoms with E-state index in [-0.39, 0.29) is 16.8 Å². The van der Waals surface area contributed by atoms with Gasteiger partial charge in [0.1, 0.15) is 10.7 Å². The minimum Gasteiger partial charge on any atom is -0.383 e. The number of aromatic nitrogens is 1. The Bertz CT molecular complexity index is 519. The molecule has 8 heteroatoms. The van der Waals surface area contributed by atoms with Crippen molar-refractivity contribution < 1.29 is 8.42 Å². The molecule has 1 aromatic rings. The van der Waals surface area contributed by atoms with Crippen molar-refractivity contribution in [3.63, 3.8) is 0 Å². The van der Waals surface area contributed by atoms with E-state index in [1.165, 1.54) is 12.3 Å². The molecular formula is C10H17BrN4O2S. The third kappa shape index (κ3) is 4.20. The Morgan fingerprint density at radius 1 is 1.56 bits per heavy atom. The number of nitrogens with two attached hydrogens (primary N) is 1. The van der Waals surface area contributed by atoms with Crippen LogP contribution in [0.2, 0.25) is 0 Å². The summed E-state index contributed by atoms with van der Waals surface area (Å²) in [5.74, 6) is -0.0113. The lowest BCUT2D eigenvalue weighted by molar-refractivity contribution is 0.370. The molecule has 0 saturated carbocycles. The van der Waals surface area contributed by atoms with E-state index in [0.29, 0.717) is 11.0 Å². The molecule has 1 aromatic heterocycles. The van der Waals surface area contributed by atoms with E-state index in [1.54, 1.807) is 6.92 Å². The minimum atomic E-state index is -3.65. The van der Waals surface area contributed by atoms with Crippen molar-refractivity contribution in [2.24, 2.45) is 0 Å². The van der Waals surface area contributed by atoms with Crippen LogP contribution < -0.4 is 10.5 Å². The molecule has 18 heavy (non-hydrogen) atoms. The van der Waals surface area contributed by atoms with Crippen LogP contribution in [-0.4, -0.2) is 45.0 Å². The second-order valence-corrected chi connectivity index (χ2v) is 6.92. The number of rotatable bonds is 5. The van der Waals surface area contributed by atoms with E-state index in [2.05, 4.69) is 25.6 Å². The lowest BCUT2D eigenvalue weighted by Gasteiger charge is -2.18. The number of nitrogen functional groups attached to an aromatic ring is 1. The van der Waals surface area contributed by atoms with E-state index in [9.17, 15) is 8.42 Å². The molecule has 0 spiro atoms. The van der Waals surface area contributed by atoms with Gasteiger partial charge in [-0.3, -0.25) is 0 Å². The molecule has 3 N–H and O–H groups in total.